The SMILES string of the molecule is CC12[Si](C)(C)[Si](C)(C)C(C3CCCCC3)([Si](C)(C)[Si]1(C)C)[Si](C)(C)[Si]2(C)C. The molecule has 0 unspecified atom stereocenters. The van der Waals surface area contributed by atoms with Crippen LogP contribution in [0.4, 0.5) is 0 Å². The largest absolute Gasteiger partial charge is 0.0713 e. The zero-order chi connectivity index (χ0) is 21.1. The topological polar surface area (TPSA) is 0 Å². The summed E-state index contributed by atoms with van der Waals surface area (Å²) >= 11 is 0. The van der Waals surface area contributed by atoms with Crippen molar-refractivity contribution in [1.82, 2.24) is 0 Å². The minimum absolute atomic E-state index is 0.852. The lowest BCUT2D eigenvalue weighted by atomic mass is 9.90. The third-order valence-electron chi connectivity index (χ3n) is 13.6. The van der Waals surface area contributed by atoms with Crippen LogP contribution in [0.3, 0.4) is 0 Å². The fourth-order valence-corrected chi connectivity index (χ4v) is 155. The van der Waals surface area contributed by atoms with Crippen molar-refractivity contribution < 1.29 is 0 Å². The Kier molecular flexibility index (Phi) is 4.89. The Labute approximate surface area is 177 Å². The molecule has 1 aliphatic carbocycles. The standard InChI is InChI=1S/C21H50Si6/c1-20-22(2,3)25(8,9)21(19-17-15-14-16-18-19,26(10,11)23(20,4)5)27(12,13)24(20,6)7/h19H,14-18H2,1-13H3. The second kappa shape index (κ2) is 5.75. The van der Waals surface area contributed by atoms with Crippen molar-refractivity contribution in [3.63, 3.8) is 0 Å². The van der Waals surface area contributed by atoms with Gasteiger partial charge in [-0.25, -0.2) is 0 Å². The Morgan fingerprint density at radius 3 is 1.07 bits per heavy atom. The van der Waals surface area contributed by atoms with Crippen LogP contribution in [0.25, 0.3) is 0 Å². The summed E-state index contributed by atoms with van der Waals surface area (Å²) in [6.45, 7) is 38.6. The van der Waals surface area contributed by atoms with Crippen molar-refractivity contribution in [2.75, 3.05) is 0 Å². The normalized spacial score (nSPS) is 43.4. The quantitative estimate of drug-likeness (QED) is 0.344. The van der Waals surface area contributed by atoms with Gasteiger partial charge in [0.25, 0.3) is 0 Å². The van der Waals surface area contributed by atoms with Crippen LogP contribution >= 0.6 is 0 Å². The first kappa shape index (κ1) is 23.0. The van der Waals surface area contributed by atoms with Crippen LogP contribution < -0.4 is 0 Å². The van der Waals surface area contributed by atoms with E-state index in [-0.39, 0.29) is 0 Å². The minimum Gasteiger partial charge on any atom is -0.0713 e. The van der Waals surface area contributed by atoms with Crippen LogP contribution in [-0.4, -0.2) is 45.5 Å². The van der Waals surface area contributed by atoms with Crippen molar-refractivity contribution in [2.45, 2.75) is 126 Å². The Hall–Kier alpha value is 1.30. The maximum Gasteiger partial charge on any atom is 0.0420 e. The summed E-state index contributed by atoms with van der Waals surface area (Å²) in [5.41, 5.74) is 0. The van der Waals surface area contributed by atoms with Gasteiger partial charge in [0, 0.05) is 45.5 Å². The Morgan fingerprint density at radius 1 is 0.481 bits per heavy atom. The lowest BCUT2D eigenvalue weighted by Crippen LogP contribution is -3.04. The van der Waals surface area contributed by atoms with Gasteiger partial charge >= 0.3 is 0 Å². The summed E-state index contributed by atoms with van der Waals surface area (Å²) in [7, 11) is -7.86. The van der Waals surface area contributed by atoms with E-state index in [1.54, 1.807) is 25.7 Å². The summed E-state index contributed by atoms with van der Waals surface area (Å²) in [6.07, 6.45) is 7.85. The van der Waals surface area contributed by atoms with E-state index in [1.165, 1.54) is 6.42 Å². The van der Waals surface area contributed by atoms with Crippen molar-refractivity contribution >= 4 is 45.5 Å². The van der Waals surface area contributed by atoms with Gasteiger partial charge in [0.15, 0.2) is 0 Å². The van der Waals surface area contributed by atoms with Crippen LogP contribution in [0, 0.1) is 5.92 Å². The van der Waals surface area contributed by atoms with Gasteiger partial charge in [-0.05, 0) is 10.2 Å². The van der Waals surface area contributed by atoms with Gasteiger partial charge in [0.05, 0.1) is 0 Å². The second-order valence-corrected chi connectivity index (χ2v) is 64.4. The van der Waals surface area contributed by atoms with Gasteiger partial charge in [-0.15, -0.1) is 0 Å². The molecule has 3 heterocycles. The molecule has 158 valence electrons. The first-order valence-electron chi connectivity index (χ1n) is 11.9. The zero-order valence-corrected chi connectivity index (χ0v) is 27.1. The van der Waals surface area contributed by atoms with E-state index < -0.39 is 45.5 Å². The van der Waals surface area contributed by atoms with Gasteiger partial charge in [-0.3, -0.25) is 0 Å². The van der Waals surface area contributed by atoms with Gasteiger partial charge in [0.1, 0.15) is 0 Å². The molecule has 0 aromatic carbocycles. The number of rotatable bonds is 1. The van der Waals surface area contributed by atoms with Gasteiger partial charge < -0.3 is 0 Å². The predicted octanol–water partition coefficient (Wildman–Crippen LogP) is 7.74. The maximum absolute atomic E-state index is 2.99. The molecule has 2 bridgehead atoms. The van der Waals surface area contributed by atoms with Crippen LogP contribution in [0.2, 0.25) is 87.1 Å². The average Bonchev–Trinajstić information content (AvgIpc) is 2.52. The monoisotopic (exact) mass is 470 g/mol. The van der Waals surface area contributed by atoms with Crippen molar-refractivity contribution in [3.8, 4) is 0 Å². The van der Waals surface area contributed by atoms with E-state index in [0.717, 1.165) is 14.5 Å². The van der Waals surface area contributed by atoms with E-state index in [9.17, 15) is 0 Å². The minimum atomic E-state index is -1.32. The third-order valence-corrected chi connectivity index (χ3v) is 105. The number of fused-ring (bicyclic) bond motifs is 3. The van der Waals surface area contributed by atoms with E-state index in [1.807, 2.05) is 0 Å². The summed E-state index contributed by atoms with van der Waals surface area (Å²) < 4.78 is 1.77. The highest BCUT2D eigenvalue weighted by atomic mass is 29.4. The Morgan fingerprint density at radius 2 is 0.778 bits per heavy atom. The van der Waals surface area contributed by atoms with E-state index >= 15 is 0 Å². The van der Waals surface area contributed by atoms with Crippen LogP contribution in [0.15, 0.2) is 0 Å². The molecule has 4 rings (SSSR count). The van der Waals surface area contributed by atoms with Crippen LogP contribution in [-0.2, 0) is 0 Å². The number of hydrogen-bond donors (Lipinski definition) is 0. The summed E-state index contributed by atoms with van der Waals surface area (Å²) in [6, 6.07) is 0. The smallest absolute Gasteiger partial charge is 0.0420 e. The van der Waals surface area contributed by atoms with Crippen molar-refractivity contribution in [3.05, 3.63) is 0 Å². The molecule has 27 heavy (non-hydrogen) atoms. The summed E-state index contributed by atoms with van der Waals surface area (Å²) in [5, 5.41) is 0. The molecule has 3 aliphatic heterocycles. The van der Waals surface area contributed by atoms with E-state index in [4.69, 9.17) is 0 Å². The average molecular weight is 471 g/mol. The molecular formula is C21H50Si6. The first-order chi connectivity index (χ1) is 11.9. The molecule has 3 saturated heterocycles. The zero-order valence-electron chi connectivity index (χ0n) is 21.1. The summed E-state index contributed by atoms with van der Waals surface area (Å²) in [4.78, 5) is 0. The molecule has 6 heteroatoms. The molecule has 0 nitrogen and oxygen atoms in total. The van der Waals surface area contributed by atoms with Crippen LogP contribution in [0.1, 0.15) is 39.0 Å². The van der Waals surface area contributed by atoms with Gasteiger partial charge in [0.2, 0.25) is 0 Å². The first-order valence-corrected chi connectivity index (χ1v) is 32.9. The highest BCUT2D eigenvalue weighted by Crippen LogP contribution is 2.82. The molecule has 0 spiro atoms. The lowest BCUT2D eigenvalue weighted by molar-refractivity contribution is 0.344. The lowest BCUT2D eigenvalue weighted by Gasteiger charge is -2.90. The molecule has 4 aliphatic rings. The Balaban J connectivity index is 2.52. The van der Waals surface area contributed by atoms with Gasteiger partial charge in [-0.2, -0.15) is 0 Å². The third kappa shape index (κ3) is 1.88. The molecule has 0 aromatic heterocycles. The van der Waals surface area contributed by atoms with Crippen LogP contribution in [0.5, 0.6) is 0 Å². The predicted molar refractivity (Wildman–Crippen MR) is 143 cm³/mol. The Bertz CT molecular complexity index is 565. The summed E-state index contributed by atoms with van der Waals surface area (Å²) in [5.74, 6) is 1.13. The molecular weight excluding hydrogens is 421 g/mol. The molecule has 1 saturated carbocycles. The molecule has 0 amide bonds. The maximum atomic E-state index is 2.99. The number of hydrogen-bond acceptors (Lipinski definition) is 0. The van der Waals surface area contributed by atoms with Crippen molar-refractivity contribution in [1.29, 1.82) is 0 Å². The fourth-order valence-electron chi connectivity index (χ4n) is 11.1. The van der Waals surface area contributed by atoms with E-state index in [2.05, 4.69) is 85.5 Å². The molecule has 0 aromatic rings. The highest BCUT2D eigenvalue weighted by Gasteiger charge is 2.91. The van der Waals surface area contributed by atoms with Gasteiger partial charge in [-0.1, -0.05) is 122 Å². The molecule has 0 N–H and O–H groups in total. The van der Waals surface area contributed by atoms with Crippen molar-refractivity contribution in [2.24, 2.45) is 5.92 Å². The second-order valence-electron chi connectivity index (χ2n) is 14.0. The van der Waals surface area contributed by atoms with E-state index in [0.29, 0.717) is 0 Å². The highest BCUT2D eigenvalue weighted by molar-refractivity contribution is 7.77. The molecule has 0 radical (unpaired) electrons. The molecule has 4 fully saturated rings. The fraction of sp³-hybridized carbons (Fsp3) is 1.00. The molecule has 0 atom stereocenters.